The molecule has 130 valence electrons. The standard InChI is InChI=1S/C12H12FN3O7S/c13-10-6-1-5(4-17)16(12(20)21)7(6)2-8(18)11(10)15-3-9(19)14-24(15,22)23/h2,5,17-18H,1,3-4H2,(H,14,19)(H,20,21)/t5-/m1/s1. The molecule has 2 aliphatic heterocycles. The molecule has 4 N–H and O–H groups in total. The third-order valence-corrected chi connectivity index (χ3v) is 5.23. The van der Waals surface area contributed by atoms with E-state index in [0.717, 1.165) is 6.07 Å². The fourth-order valence-electron chi connectivity index (χ4n) is 2.87. The fraction of sp³-hybridized carbons (Fsp3) is 0.333. The molecule has 1 aromatic carbocycles. The number of hydrogen-bond acceptors (Lipinski definition) is 6. The van der Waals surface area contributed by atoms with E-state index in [9.17, 15) is 37.7 Å². The van der Waals surface area contributed by atoms with Crippen LogP contribution < -0.4 is 13.9 Å². The first-order valence-electron chi connectivity index (χ1n) is 6.68. The third kappa shape index (κ3) is 2.22. The number of halogens is 1. The van der Waals surface area contributed by atoms with Crippen molar-refractivity contribution in [2.24, 2.45) is 0 Å². The second-order valence-corrected chi connectivity index (χ2v) is 6.88. The van der Waals surface area contributed by atoms with Crippen molar-refractivity contribution in [2.45, 2.75) is 12.5 Å². The molecular formula is C12H12FN3O7S. The second-order valence-electron chi connectivity index (χ2n) is 5.29. The Hall–Kier alpha value is -2.60. The average molecular weight is 361 g/mol. The van der Waals surface area contributed by atoms with E-state index in [-0.39, 0.29) is 17.7 Å². The quantitative estimate of drug-likeness (QED) is 0.534. The number of amides is 2. The third-order valence-electron chi connectivity index (χ3n) is 3.85. The predicted octanol–water partition coefficient (Wildman–Crippen LogP) is -0.886. The lowest BCUT2D eigenvalue weighted by atomic mass is 10.1. The van der Waals surface area contributed by atoms with Gasteiger partial charge in [0.25, 0.3) is 5.91 Å². The number of aromatic hydroxyl groups is 1. The van der Waals surface area contributed by atoms with Crippen LogP contribution >= 0.6 is 0 Å². The number of aliphatic hydroxyl groups is 1. The molecule has 10 nitrogen and oxygen atoms in total. The van der Waals surface area contributed by atoms with E-state index in [2.05, 4.69) is 0 Å². The van der Waals surface area contributed by atoms with Crippen molar-refractivity contribution < 1.29 is 37.7 Å². The van der Waals surface area contributed by atoms with Gasteiger partial charge in [-0.25, -0.2) is 18.2 Å². The first-order chi connectivity index (χ1) is 11.2. The molecule has 24 heavy (non-hydrogen) atoms. The van der Waals surface area contributed by atoms with Crippen LogP contribution in [-0.2, 0) is 21.4 Å². The van der Waals surface area contributed by atoms with E-state index < -0.39 is 58.7 Å². The Kier molecular flexibility index (Phi) is 3.53. The van der Waals surface area contributed by atoms with Gasteiger partial charge in [-0.1, -0.05) is 0 Å². The van der Waals surface area contributed by atoms with Crippen LogP contribution in [0.2, 0.25) is 0 Å². The Morgan fingerprint density at radius 3 is 2.62 bits per heavy atom. The van der Waals surface area contributed by atoms with Crippen LogP contribution in [-0.4, -0.2) is 54.9 Å². The molecule has 0 unspecified atom stereocenters. The smallest absolute Gasteiger partial charge is 0.412 e. The number of hydrogen-bond donors (Lipinski definition) is 4. The Labute approximate surface area is 134 Å². The Morgan fingerprint density at radius 2 is 2.12 bits per heavy atom. The topological polar surface area (TPSA) is 147 Å². The number of phenols is 1. The van der Waals surface area contributed by atoms with Crippen LogP contribution in [0.1, 0.15) is 5.56 Å². The normalized spacial score (nSPS) is 21.8. The van der Waals surface area contributed by atoms with Gasteiger partial charge in [-0.15, -0.1) is 0 Å². The largest absolute Gasteiger partial charge is 0.506 e. The van der Waals surface area contributed by atoms with Crippen molar-refractivity contribution in [3.8, 4) is 5.75 Å². The van der Waals surface area contributed by atoms with E-state index in [4.69, 9.17) is 0 Å². The van der Waals surface area contributed by atoms with Crippen LogP contribution in [0.3, 0.4) is 0 Å². The van der Waals surface area contributed by atoms with E-state index in [0.29, 0.717) is 9.21 Å². The van der Waals surface area contributed by atoms with Crippen molar-refractivity contribution in [1.29, 1.82) is 0 Å². The monoisotopic (exact) mass is 361 g/mol. The first-order valence-corrected chi connectivity index (χ1v) is 8.12. The number of carbonyl (C=O) groups is 2. The number of rotatable bonds is 2. The number of phenolic OH excluding ortho intramolecular Hbond substituents is 1. The molecule has 2 heterocycles. The summed E-state index contributed by atoms with van der Waals surface area (Å²) >= 11 is 0. The summed E-state index contributed by atoms with van der Waals surface area (Å²) in [6, 6.07) is -0.0628. The molecule has 2 aliphatic rings. The van der Waals surface area contributed by atoms with Crippen molar-refractivity contribution in [3.63, 3.8) is 0 Å². The van der Waals surface area contributed by atoms with E-state index >= 15 is 0 Å². The van der Waals surface area contributed by atoms with Gasteiger partial charge in [0.15, 0.2) is 5.82 Å². The number of fused-ring (bicyclic) bond motifs is 1. The molecule has 0 bridgehead atoms. The molecule has 0 spiro atoms. The molecule has 2 amide bonds. The van der Waals surface area contributed by atoms with Gasteiger partial charge in [0.1, 0.15) is 18.0 Å². The van der Waals surface area contributed by atoms with Crippen LogP contribution in [0.15, 0.2) is 6.07 Å². The van der Waals surface area contributed by atoms with E-state index in [1.165, 1.54) is 0 Å². The SMILES string of the molecule is O=C1CN(c2c(O)cc3c(c2F)C[C@H](CO)N3C(=O)O)S(=O)(=O)N1. The summed E-state index contributed by atoms with van der Waals surface area (Å²) < 4.78 is 40.5. The van der Waals surface area contributed by atoms with Gasteiger partial charge in [-0.05, 0) is 0 Å². The van der Waals surface area contributed by atoms with Crippen molar-refractivity contribution in [3.05, 3.63) is 17.4 Å². The van der Waals surface area contributed by atoms with E-state index in [1.54, 1.807) is 4.72 Å². The summed E-state index contributed by atoms with van der Waals surface area (Å²) in [4.78, 5) is 23.3. The fourth-order valence-corrected chi connectivity index (χ4v) is 4.04. The molecule has 1 fully saturated rings. The zero-order valence-corrected chi connectivity index (χ0v) is 12.7. The molecule has 1 atom stereocenters. The van der Waals surface area contributed by atoms with Gasteiger partial charge in [-0.3, -0.25) is 9.69 Å². The van der Waals surface area contributed by atoms with Crippen LogP contribution in [0, 0.1) is 5.82 Å². The summed E-state index contributed by atoms with van der Waals surface area (Å²) in [6.07, 6.45) is -1.66. The Morgan fingerprint density at radius 1 is 1.46 bits per heavy atom. The maximum absolute atomic E-state index is 14.8. The maximum Gasteiger partial charge on any atom is 0.412 e. The van der Waals surface area contributed by atoms with Crippen LogP contribution in [0.4, 0.5) is 20.6 Å². The summed E-state index contributed by atoms with van der Waals surface area (Å²) in [5, 5.41) is 28.5. The van der Waals surface area contributed by atoms with Gasteiger partial charge in [0.05, 0.1) is 18.3 Å². The second kappa shape index (κ2) is 5.21. The lowest BCUT2D eigenvalue weighted by molar-refractivity contribution is -0.117. The molecular weight excluding hydrogens is 349 g/mol. The molecule has 3 rings (SSSR count). The van der Waals surface area contributed by atoms with Crippen LogP contribution in [0.25, 0.3) is 0 Å². The number of nitrogens with zero attached hydrogens (tertiary/aromatic N) is 2. The van der Waals surface area contributed by atoms with E-state index in [1.807, 2.05) is 0 Å². The van der Waals surface area contributed by atoms with Gasteiger partial charge in [0, 0.05) is 18.1 Å². The number of carbonyl (C=O) groups excluding carboxylic acids is 1. The molecule has 0 aliphatic carbocycles. The highest BCUT2D eigenvalue weighted by molar-refractivity contribution is 7.92. The lowest BCUT2D eigenvalue weighted by Crippen LogP contribution is -2.38. The summed E-state index contributed by atoms with van der Waals surface area (Å²) in [7, 11) is -4.35. The molecule has 1 saturated heterocycles. The number of carboxylic acid groups (broad SMARTS) is 1. The zero-order valence-electron chi connectivity index (χ0n) is 11.9. The van der Waals surface area contributed by atoms with Crippen molar-refractivity contribution in [1.82, 2.24) is 4.72 Å². The highest BCUT2D eigenvalue weighted by Gasteiger charge is 2.42. The number of benzene rings is 1. The summed E-state index contributed by atoms with van der Waals surface area (Å²) in [6.45, 7) is -1.30. The predicted molar refractivity (Wildman–Crippen MR) is 77.6 cm³/mol. The van der Waals surface area contributed by atoms with Crippen molar-refractivity contribution in [2.75, 3.05) is 22.4 Å². The first kappa shape index (κ1) is 16.3. The van der Waals surface area contributed by atoms with Crippen molar-refractivity contribution >= 4 is 33.6 Å². The average Bonchev–Trinajstić information content (AvgIpc) is 2.96. The molecule has 0 saturated carbocycles. The molecule has 12 heteroatoms. The summed E-state index contributed by atoms with van der Waals surface area (Å²) in [5.41, 5.74) is -1.09. The number of aliphatic hydroxyl groups excluding tert-OH is 1. The highest BCUT2D eigenvalue weighted by atomic mass is 32.2. The highest BCUT2D eigenvalue weighted by Crippen LogP contribution is 2.44. The summed E-state index contributed by atoms with van der Waals surface area (Å²) in [5.74, 6) is -2.89. The minimum atomic E-state index is -4.35. The minimum absolute atomic E-state index is 0.168. The van der Waals surface area contributed by atoms with Gasteiger partial charge < -0.3 is 15.3 Å². The Balaban J connectivity index is 2.18. The van der Waals surface area contributed by atoms with Crippen LogP contribution in [0.5, 0.6) is 5.75 Å². The maximum atomic E-state index is 14.8. The molecule has 0 aromatic heterocycles. The van der Waals surface area contributed by atoms with Gasteiger partial charge in [0.2, 0.25) is 0 Å². The Bertz CT molecular complexity index is 857. The zero-order chi connectivity index (χ0) is 17.8. The molecule has 0 radical (unpaired) electrons. The minimum Gasteiger partial charge on any atom is -0.506 e. The van der Waals surface area contributed by atoms with Gasteiger partial charge >= 0.3 is 16.3 Å². The number of nitrogens with one attached hydrogen (secondary N) is 1. The number of anilines is 2. The molecule has 1 aromatic rings. The lowest BCUT2D eigenvalue weighted by Gasteiger charge is -2.21. The van der Waals surface area contributed by atoms with Gasteiger partial charge in [-0.2, -0.15) is 8.42 Å².